The van der Waals surface area contributed by atoms with Crippen molar-refractivity contribution in [1.82, 2.24) is 15.0 Å². The van der Waals surface area contributed by atoms with Crippen LogP contribution in [-0.4, -0.2) is 32.6 Å². The SMILES string of the molecule is Nc1nc(N)nc(N)n1.O=C(O)CCO[PH](=O)c1ccccc1. The molecule has 0 spiro atoms. The molecule has 2 aromatic rings. The lowest BCUT2D eigenvalue weighted by atomic mass is 10.4. The summed E-state index contributed by atoms with van der Waals surface area (Å²) < 4.78 is 16.3. The van der Waals surface area contributed by atoms with E-state index < -0.39 is 14.0 Å². The van der Waals surface area contributed by atoms with Gasteiger partial charge in [0.2, 0.25) is 25.9 Å². The Kier molecular flexibility index (Phi) is 7.44. The summed E-state index contributed by atoms with van der Waals surface area (Å²) in [5.74, 6) is -0.826. The van der Waals surface area contributed by atoms with Crippen molar-refractivity contribution < 1.29 is 19.0 Å². The van der Waals surface area contributed by atoms with Crippen LogP contribution in [0.2, 0.25) is 0 Å². The van der Waals surface area contributed by atoms with Crippen LogP contribution in [0.4, 0.5) is 17.8 Å². The molecule has 1 heterocycles. The van der Waals surface area contributed by atoms with Crippen molar-refractivity contribution in [2.45, 2.75) is 6.42 Å². The highest BCUT2D eigenvalue weighted by molar-refractivity contribution is 7.48. The van der Waals surface area contributed by atoms with Crippen LogP contribution >= 0.6 is 8.03 Å². The molecule has 0 aliphatic heterocycles. The molecule has 10 nitrogen and oxygen atoms in total. The maximum atomic E-state index is 11.4. The van der Waals surface area contributed by atoms with Crippen LogP contribution in [0.15, 0.2) is 30.3 Å². The summed E-state index contributed by atoms with van der Waals surface area (Å²) in [6, 6.07) is 8.73. The molecular formula is C12H17N6O4P. The fraction of sp³-hybridized carbons (Fsp3) is 0.167. The van der Waals surface area contributed by atoms with Crippen LogP contribution in [0.3, 0.4) is 0 Å². The first-order valence-corrected chi connectivity index (χ1v) is 7.66. The standard InChI is InChI=1S/C9H11O4P.C3H6N6/c10-9(11)6-7-13-14(12)8-4-2-1-3-5-8;4-1-7-2(5)9-3(6)8-1/h1-5,14H,6-7H2,(H,10,11);(H6,4,5,6,7,8,9). The maximum absolute atomic E-state index is 11.4. The van der Waals surface area contributed by atoms with Gasteiger partial charge in [-0.2, -0.15) is 15.0 Å². The molecule has 11 heteroatoms. The predicted molar refractivity (Wildman–Crippen MR) is 86.3 cm³/mol. The lowest BCUT2D eigenvalue weighted by Crippen LogP contribution is -2.05. The Morgan fingerprint density at radius 3 is 1.96 bits per heavy atom. The van der Waals surface area contributed by atoms with E-state index in [0.29, 0.717) is 5.30 Å². The summed E-state index contributed by atoms with van der Waals surface area (Å²) >= 11 is 0. The fourth-order valence-corrected chi connectivity index (χ4v) is 2.23. The van der Waals surface area contributed by atoms with Crippen LogP contribution in [0, 0.1) is 0 Å². The van der Waals surface area contributed by atoms with Gasteiger partial charge in [-0.15, -0.1) is 0 Å². The number of aromatic nitrogens is 3. The van der Waals surface area contributed by atoms with Gasteiger partial charge in [0, 0.05) is 5.30 Å². The molecule has 0 bridgehead atoms. The number of hydrogen-bond donors (Lipinski definition) is 4. The van der Waals surface area contributed by atoms with Crippen LogP contribution in [0.5, 0.6) is 0 Å². The van der Waals surface area contributed by atoms with E-state index in [1.54, 1.807) is 24.3 Å². The Hall–Kier alpha value is -2.71. The second-order valence-electron chi connectivity index (χ2n) is 4.06. The van der Waals surface area contributed by atoms with Gasteiger partial charge in [0.05, 0.1) is 13.0 Å². The lowest BCUT2D eigenvalue weighted by molar-refractivity contribution is -0.137. The quantitative estimate of drug-likeness (QED) is 0.536. The second kappa shape index (κ2) is 9.34. The minimum atomic E-state index is -2.28. The van der Waals surface area contributed by atoms with Crippen molar-refractivity contribution in [3.05, 3.63) is 30.3 Å². The van der Waals surface area contributed by atoms with Crippen molar-refractivity contribution >= 4 is 37.1 Å². The molecule has 7 N–H and O–H groups in total. The zero-order valence-corrected chi connectivity index (χ0v) is 13.0. The van der Waals surface area contributed by atoms with E-state index in [1.165, 1.54) is 0 Å². The zero-order chi connectivity index (χ0) is 17.2. The van der Waals surface area contributed by atoms with Crippen LogP contribution < -0.4 is 22.5 Å². The Labute approximate surface area is 132 Å². The number of benzene rings is 1. The normalized spacial score (nSPS) is 11.1. The molecule has 124 valence electrons. The maximum Gasteiger partial charge on any atom is 0.305 e. The smallest absolute Gasteiger partial charge is 0.305 e. The number of carbonyl (C=O) groups is 1. The molecule has 0 saturated heterocycles. The Morgan fingerprint density at radius 1 is 1.04 bits per heavy atom. The molecule has 1 unspecified atom stereocenters. The highest BCUT2D eigenvalue weighted by atomic mass is 31.1. The molecule has 1 aromatic carbocycles. The molecule has 1 atom stereocenters. The molecule has 0 saturated carbocycles. The Bertz CT molecular complexity index is 619. The first kappa shape index (κ1) is 18.3. The zero-order valence-electron chi connectivity index (χ0n) is 12.0. The number of rotatable bonds is 5. The van der Waals surface area contributed by atoms with Gasteiger partial charge in [0.1, 0.15) is 0 Å². The average molecular weight is 340 g/mol. The Morgan fingerprint density at radius 2 is 1.52 bits per heavy atom. The van der Waals surface area contributed by atoms with E-state index in [0.717, 1.165) is 0 Å². The van der Waals surface area contributed by atoms with Crippen LogP contribution in [-0.2, 0) is 13.9 Å². The predicted octanol–water partition coefficient (Wildman–Crippen LogP) is -0.104. The van der Waals surface area contributed by atoms with Crippen molar-refractivity contribution in [2.75, 3.05) is 23.8 Å². The average Bonchev–Trinajstić information content (AvgIpc) is 2.47. The van der Waals surface area contributed by atoms with Gasteiger partial charge in [-0.3, -0.25) is 9.36 Å². The van der Waals surface area contributed by atoms with Gasteiger partial charge in [-0.1, -0.05) is 18.2 Å². The molecule has 23 heavy (non-hydrogen) atoms. The van der Waals surface area contributed by atoms with Gasteiger partial charge < -0.3 is 26.8 Å². The summed E-state index contributed by atoms with van der Waals surface area (Å²) in [6.45, 7) is -0.0119. The van der Waals surface area contributed by atoms with E-state index >= 15 is 0 Å². The van der Waals surface area contributed by atoms with Gasteiger partial charge in [-0.25, -0.2) is 0 Å². The molecule has 0 amide bonds. The number of nitrogen functional groups attached to an aromatic ring is 3. The lowest BCUT2D eigenvalue weighted by Gasteiger charge is -2.01. The summed E-state index contributed by atoms with van der Waals surface area (Å²) in [5, 5.41) is 8.94. The second-order valence-corrected chi connectivity index (χ2v) is 5.50. The minimum absolute atomic E-state index is 0.0119. The number of anilines is 3. The summed E-state index contributed by atoms with van der Waals surface area (Å²) in [4.78, 5) is 20.6. The topological polar surface area (TPSA) is 180 Å². The molecule has 0 radical (unpaired) electrons. The highest BCUT2D eigenvalue weighted by Crippen LogP contribution is 2.20. The van der Waals surface area contributed by atoms with Gasteiger partial charge in [0.25, 0.3) is 0 Å². The van der Waals surface area contributed by atoms with E-state index in [-0.39, 0.29) is 30.9 Å². The van der Waals surface area contributed by atoms with Crippen molar-refractivity contribution in [2.24, 2.45) is 0 Å². The fourth-order valence-electron chi connectivity index (χ4n) is 1.32. The van der Waals surface area contributed by atoms with E-state index in [2.05, 4.69) is 15.0 Å². The molecule has 2 rings (SSSR count). The highest BCUT2D eigenvalue weighted by Gasteiger charge is 2.04. The monoisotopic (exact) mass is 340 g/mol. The number of carboxylic acid groups (broad SMARTS) is 1. The van der Waals surface area contributed by atoms with E-state index in [1.807, 2.05) is 6.07 Å². The third-order valence-electron chi connectivity index (χ3n) is 2.25. The number of carboxylic acids is 1. The minimum Gasteiger partial charge on any atom is -0.481 e. The third-order valence-corrected chi connectivity index (χ3v) is 3.52. The van der Waals surface area contributed by atoms with Crippen molar-refractivity contribution in [1.29, 1.82) is 0 Å². The molecule has 1 aromatic heterocycles. The summed E-state index contributed by atoms with van der Waals surface area (Å²) in [6.07, 6.45) is -0.122. The number of aliphatic carboxylic acids is 1. The first-order valence-electron chi connectivity index (χ1n) is 6.35. The molecular weight excluding hydrogens is 323 g/mol. The third kappa shape index (κ3) is 7.74. The summed E-state index contributed by atoms with van der Waals surface area (Å²) in [7, 11) is -2.28. The van der Waals surface area contributed by atoms with Crippen molar-refractivity contribution in [3.63, 3.8) is 0 Å². The first-order chi connectivity index (χ1) is 10.9. The molecule has 0 aliphatic rings. The number of nitrogens with two attached hydrogens (primary N) is 3. The molecule has 0 fully saturated rings. The van der Waals surface area contributed by atoms with Gasteiger partial charge in [0.15, 0.2) is 0 Å². The van der Waals surface area contributed by atoms with Crippen molar-refractivity contribution in [3.8, 4) is 0 Å². The van der Waals surface area contributed by atoms with E-state index in [4.69, 9.17) is 26.8 Å². The van der Waals surface area contributed by atoms with E-state index in [9.17, 15) is 9.36 Å². The number of hydrogen-bond acceptors (Lipinski definition) is 9. The summed E-state index contributed by atoms with van der Waals surface area (Å²) in [5.41, 5.74) is 15.4. The van der Waals surface area contributed by atoms with Gasteiger partial charge >= 0.3 is 5.97 Å². The van der Waals surface area contributed by atoms with Gasteiger partial charge in [-0.05, 0) is 12.1 Å². The van der Waals surface area contributed by atoms with Crippen LogP contribution in [0.1, 0.15) is 6.42 Å². The number of nitrogens with zero attached hydrogens (tertiary/aromatic N) is 3. The van der Waals surface area contributed by atoms with Crippen LogP contribution in [0.25, 0.3) is 0 Å². The molecule has 0 aliphatic carbocycles. The Balaban J connectivity index is 0.000000253. The largest absolute Gasteiger partial charge is 0.481 e.